The molecule has 2 heterocycles. The molecule has 112 valence electrons. The summed E-state index contributed by atoms with van der Waals surface area (Å²) in [5, 5.41) is 3.37. The molecule has 0 spiro atoms. The fraction of sp³-hybridized carbons (Fsp3) is 0.706. The van der Waals surface area contributed by atoms with Crippen LogP contribution < -0.4 is 5.32 Å². The summed E-state index contributed by atoms with van der Waals surface area (Å²) in [6.45, 7) is 11.3. The number of nitrogens with zero attached hydrogens (tertiary/aromatic N) is 2. The van der Waals surface area contributed by atoms with Gasteiger partial charge in [-0.3, -0.25) is 4.90 Å². The van der Waals surface area contributed by atoms with Crippen LogP contribution in [0.1, 0.15) is 45.6 Å². The molecule has 0 radical (unpaired) electrons. The minimum Gasteiger partial charge on any atom is -0.370 e. The van der Waals surface area contributed by atoms with Crippen molar-refractivity contribution in [3.8, 4) is 0 Å². The van der Waals surface area contributed by atoms with Gasteiger partial charge in [0.05, 0.1) is 0 Å². The number of nitrogens with one attached hydrogen (secondary N) is 1. The molecule has 0 saturated carbocycles. The maximum absolute atomic E-state index is 4.46. The largest absolute Gasteiger partial charge is 0.370 e. The molecule has 1 aliphatic rings. The van der Waals surface area contributed by atoms with Gasteiger partial charge < -0.3 is 5.32 Å². The maximum atomic E-state index is 4.46. The molecule has 20 heavy (non-hydrogen) atoms. The second-order valence-electron chi connectivity index (χ2n) is 6.25. The normalized spacial score (nSPS) is 20.9. The van der Waals surface area contributed by atoms with Crippen LogP contribution in [0.2, 0.25) is 0 Å². The van der Waals surface area contributed by atoms with Gasteiger partial charge in [0.2, 0.25) is 0 Å². The zero-order chi connectivity index (χ0) is 14.4. The number of aromatic nitrogens is 1. The molecule has 1 aromatic rings. The molecular formula is C17H29N3. The summed E-state index contributed by atoms with van der Waals surface area (Å²) in [6, 6.07) is 4.25. The lowest BCUT2D eigenvalue weighted by molar-refractivity contribution is 0.265. The molecule has 1 N–H and O–H groups in total. The van der Waals surface area contributed by atoms with Crippen molar-refractivity contribution in [2.45, 2.75) is 46.6 Å². The molecule has 1 saturated heterocycles. The molecule has 2 rings (SSSR count). The Kier molecular flexibility index (Phi) is 5.84. The van der Waals surface area contributed by atoms with Gasteiger partial charge in [0.25, 0.3) is 0 Å². The number of anilines is 1. The number of pyridine rings is 1. The van der Waals surface area contributed by atoms with Crippen molar-refractivity contribution >= 4 is 5.82 Å². The molecule has 1 fully saturated rings. The molecule has 1 aromatic heterocycles. The van der Waals surface area contributed by atoms with Crippen molar-refractivity contribution in [1.82, 2.24) is 9.88 Å². The average molecular weight is 275 g/mol. The summed E-state index contributed by atoms with van der Waals surface area (Å²) in [5.74, 6) is 2.78. The Bertz CT molecular complexity index is 403. The van der Waals surface area contributed by atoms with Gasteiger partial charge in [-0.15, -0.1) is 0 Å². The summed E-state index contributed by atoms with van der Waals surface area (Å²) in [6.07, 6.45) is 5.94. The third-order valence-electron chi connectivity index (χ3n) is 4.44. The van der Waals surface area contributed by atoms with Crippen LogP contribution in [-0.4, -0.2) is 29.5 Å². The van der Waals surface area contributed by atoms with E-state index in [-0.39, 0.29) is 0 Å². The Morgan fingerprint density at radius 2 is 2.20 bits per heavy atom. The zero-order valence-corrected chi connectivity index (χ0v) is 13.2. The minimum atomic E-state index is 0.825. The van der Waals surface area contributed by atoms with Crippen LogP contribution in [0.4, 0.5) is 5.82 Å². The van der Waals surface area contributed by atoms with E-state index in [1.54, 1.807) is 0 Å². The van der Waals surface area contributed by atoms with Crippen molar-refractivity contribution in [3.63, 3.8) is 0 Å². The number of hydrogen-bond acceptors (Lipinski definition) is 3. The quantitative estimate of drug-likeness (QED) is 0.886. The van der Waals surface area contributed by atoms with E-state index in [2.05, 4.69) is 42.0 Å². The third-order valence-corrected chi connectivity index (χ3v) is 4.44. The zero-order valence-electron chi connectivity index (χ0n) is 13.2. The molecule has 0 amide bonds. The van der Waals surface area contributed by atoms with Crippen molar-refractivity contribution in [1.29, 1.82) is 0 Å². The summed E-state index contributed by atoms with van der Waals surface area (Å²) >= 11 is 0. The van der Waals surface area contributed by atoms with Gasteiger partial charge in [0, 0.05) is 24.8 Å². The molecule has 1 unspecified atom stereocenters. The second-order valence-corrected chi connectivity index (χ2v) is 6.25. The Morgan fingerprint density at radius 3 is 2.95 bits per heavy atom. The molecule has 0 bridgehead atoms. The minimum absolute atomic E-state index is 0.825. The van der Waals surface area contributed by atoms with Crippen molar-refractivity contribution < 1.29 is 0 Å². The smallest absolute Gasteiger partial charge is 0.130 e. The molecule has 1 aliphatic heterocycles. The van der Waals surface area contributed by atoms with Gasteiger partial charge in [-0.1, -0.05) is 19.9 Å². The number of hydrogen-bond donors (Lipinski definition) is 1. The van der Waals surface area contributed by atoms with Crippen LogP contribution in [0.25, 0.3) is 0 Å². The lowest BCUT2D eigenvalue weighted by Gasteiger charge is -2.22. The van der Waals surface area contributed by atoms with E-state index in [0.717, 1.165) is 30.7 Å². The monoisotopic (exact) mass is 275 g/mol. The van der Waals surface area contributed by atoms with E-state index in [4.69, 9.17) is 0 Å². The van der Waals surface area contributed by atoms with E-state index < -0.39 is 0 Å². The first-order chi connectivity index (χ1) is 9.70. The molecular weight excluding hydrogens is 246 g/mol. The van der Waals surface area contributed by atoms with Crippen LogP contribution in [-0.2, 0) is 6.54 Å². The molecule has 3 heteroatoms. The fourth-order valence-corrected chi connectivity index (χ4v) is 3.14. The molecule has 0 aliphatic carbocycles. The number of likely N-dealkylation sites (tertiary alicyclic amines) is 1. The Balaban J connectivity index is 1.96. The summed E-state index contributed by atoms with van der Waals surface area (Å²) in [4.78, 5) is 7.06. The maximum Gasteiger partial charge on any atom is 0.130 e. The predicted molar refractivity (Wildman–Crippen MR) is 85.9 cm³/mol. The highest BCUT2D eigenvalue weighted by Crippen LogP contribution is 2.25. The van der Waals surface area contributed by atoms with Crippen molar-refractivity contribution in [2.24, 2.45) is 11.8 Å². The van der Waals surface area contributed by atoms with Crippen LogP contribution in [0.3, 0.4) is 0 Å². The highest BCUT2D eigenvalue weighted by Gasteiger charge is 2.20. The van der Waals surface area contributed by atoms with Crippen molar-refractivity contribution in [3.05, 3.63) is 23.9 Å². The molecule has 1 atom stereocenters. The molecule has 0 aromatic carbocycles. The highest BCUT2D eigenvalue weighted by molar-refractivity contribution is 5.43. The topological polar surface area (TPSA) is 28.2 Å². The lowest BCUT2D eigenvalue weighted by Crippen LogP contribution is -2.25. The highest BCUT2D eigenvalue weighted by atomic mass is 15.1. The van der Waals surface area contributed by atoms with Crippen LogP contribution in [0, 0.1) is 11.8 Å². The van der Waals surface area contributed by atoms with Gasteiger partial charge in [0.1, 0.15) is 5.82 Å². The summed E-state index contributed by atoms with van der Waals surface area (Å²) in [5.41, 5.74) is 1.33. The van der Waals surface area contributed by atoms with E-state index in [0.29, 0.717) is 0 Å². The van der Waals surface area contributed by atoms with E-state index in [9.17, 15) is 0 Å². The second kappa shape index (κ2) is 7.63. The number of rotatable bonds is 5. The van der Waals surface area contributed by atoms with Crippen molar-refractivity contribution in [2.75, 3.05) is 25.0 Å². The van der Waals surface area contributed by atoms with E-state index in [1.807, 2.05) is 12.3 Å². The SMILES string of the molecule is CCNc1ncccc1CN1CCCC(C(C)C)CC1. The van der Waals surface area contributed by atoms with Gasteiger partial charge in [-0.25, -0.2) is 4.98 Å². The first-order valence-corrected chi connectivity index (χ1v) is 8.10. The van der Waals surface area contributed by atoms with E-state index in [1.165, 1.54) is 37.9 Å². The molecule has 3 nitrogen and oxygen atoms in total. The van der Waals surface area contributed by atoms with Gasteiger partial charge >= 0.3 is 0 Å². The van der Waals surface area contributed by atoms with E-state index >= 15 is 0 Å². The third kappa shape index (κ3) is 4.20. The Hall–Kier alpha value is -1.09. The Morgan fingerprint density at radius 1 is 1.35 bits per heavy atom. The van der Waals surface area contributed by atoms with Gasteiger partial charge in [-0.2, -0.15) is 0 Å². The predicted octanol–water partition coefficient (Wildman–Crippen LogP) is 3.77. The first kappa shape index (κ1) is 15.3. The average Bonchev–Trinajstić information content (AvgIpc) is 2.67. The van der Waals surface area contributed by atoms with Gasteiger partial charge in [-0.05, 0) is 57.2 Å². The van der Waals surface area contributed by atoms with Crippen LogP contribution >= 0.6 is 0 Å². The van der Waals surface area contributed by atoms with Gasteiger partial charge in [0.15, 0.2) is 0 Å². The summed E-state index contributed by atoms with van der Waals surface area (Å²) < 4.78 is 0. The lowest BCUT2D eigenvalue weighted by atomic mass is 9.89. The summed E-state index contributed by atoms with van der Waals surface area (Å²) in [7, 11) is 0. The first-order valence-electron chi connectivity index (χ1n) is 8.10. The van der Waals surface area contributed by atoms with Crippen LogP contribution in [0.5, 0.6) is 0 Å². The fourth-order valence-electron chi connectivity index (χ4n) is 3.14. The standard InChI is InChI=1S/C17H29N3/c1-4-18-17-16(7-5-10-19-17)13-20-11-6-8-15(9-12-20)14(2)3/h5,7,10,14-15H,4,6,8-9,11-13H2,1-3H3,(H,18,19). The van der Waals surface area contributed by atoms with Crippen LogP contribution in [0.15, 0.2) is 18.3 Å². The Labute approximate surface area is 123 Å².